The molecular formula is C26H30N8O2. The van der Waals surface area contributed by atoms with Crippen LogP contribution in [-0.2, 0) is 16.1 Å². The van der Waals surface area contributed by atoms with Crippen LogP contribution < -0.4 is 5.32 Å². The van der Waals surface area contributed by atoms with Gasteiger partial charge in [0.2, 0.25) is 5.91 Å². The summed E-state index contributed by atoms with van der Waals surface area (Å²) in [5, 5.41) is 3.40. The number of aromatic nitrogens is 6. The third-order valence-electron chi connectivity index (χ3n) is 6.28. The zero-order valence-corrected chi connectivity index (χ0v) is 20.9. The van der Waals surface area contributed by atoms with Gasteiger partial charge in [-0.1, -0.05) is 30.3 Å². The number of carbonyl (C=O) groups excluding carboxylic acids is 1. The minimum absolute atomic E-state index is 0.0283. The zero-order valence-electron chi connectivity index (χ0n) is 20.9. The number of morpholine rings is 1. The number of fused-ring (bicyclic) bond motifs is 1. The van der Waals surface area contributed by atoms with Crippen LogP contribution in [0.15, 0.2) is 49.1 Å². The fourth-order valence-corrected chi connectivity index (χ4v) is 4.68. The van der Waals surface area contributed by atoms with Crippen molar-refractivity contribution in [1.29, 1.82) is 0 Å². The van der Waals surface area contributed by atoms with E-state index < -0.39 is 6.04 Å². The van der Waals surface area contributed by atoms with E-state index >= 15 is 0 Å². The van der Waals surface area contributed by atoms with Crippen LogP contribution in [0, 0.1) is 6.92 Å². The van der Waals surface area contributed by atoms with Gasteiger partial charge in [0.05, 0.1) is 17.8 Å². The number of nitrogens with one attached hydrogen (secondary N) is 1. The molecule has 1 aromatic carbocycles. The summed E-state index contributed by atoms with van der Waals surface area (Å²) in [5.41, 5.74) is 2.91. The van der Waals surface area contributed by atoms with E-state index in [1.807, 2.05) is 67.5 Å². The molecule has 4 aromatic rings. The fraction of sp³-hybridized carbons (Fsp3) is 0.385. The second-order valence-electron chi connectivity index (χ2n) is 9.08. The van der Waals surface area contributed by atoms with Crippen LogP contribution in [0.4, 0.5) is 5.82 Å². The molecule has 3 aromatic heterocycles. The summed E-state index contributed by atoms with van der Waals surface area (Å²) in [5.74, 6) is 1.86. The van der Waals surface area contributed by atoms with Gasteiger partial charge in [0.1, 0.15) is 24.0 Å². The van der Waals surface area contributed by atoms with Gasteiger partial charge in [-0.3, -0.25) is 4.79 Å². The number of carbonyl (C=O) groups is 1. The number of hydrogen-bond acceptors (Lipinski definition) is 8. The summed E-state index contributed by atoms with van der Waals surface area (Å²) in [6.45, 7) is 9.58. The van der Waals surface area contributed by atoms with Crippen LogP contribution >= 0.6 is 0 Å². The third kappa shape index (κ3) is 4.64. The Balaban J connectivity index is 1.56. The van der Waals surface area contributed by atoms with E-state index in [9.17, 15) is 4.79 Å². The normalized spacial score (nSPS) is 18.8. The van der Waals surface area contributed by atoms with Crippen LogP contribution in [0.3, 0.4) is 0 Å². The lowest BCUT2D eigenvalue weighted by Gasteiger charge is -2.37. The standard InChI is InChI=1S/C26H30N8O2/c1-5-34-24(20-11-27-18(4)28-12-20)32-22-23(29-15-30-25(22)34)31-21(19-9-7-6-8-10-19)26(35)33-13-16(2)36-17(3)14-33/h6-12,15-17,21H,5,13-14H2,1-4H3,(H,29,30,31)/t16?,17?,21-/m1/s1. The number of amides is 1. The minimum Gasteiger partial charge on any atom is -0.372 e. The molecule has 0 spiro atoms. The molecule has 0 radical (unpaired) electrons. The molecule has 0 saturated carbocycles. The van der Waals surface area contributed by atoms with Crippen LogP contribution in [0.25, 0.3) is 22.6 Å². The summed E-state index contributed by atoms with van der Waals surface area (Å²) < 4.78 is 7.85. The summed E-state index contributed by atoms with van der Waals surface area (Å²) in [6, 6.07) is 9.05. The number of hydrogen-bond donors (Lipinski definition) is 1. The van der Waals surface area contributed by atoms with Crippen molar-refractivity contribution in [3.63, 3.8) is 0 Å². The van der Waals surface area contributed by atoms with Crippen LogP contribution in [-0.4, -0.2) is 65.6 Å². The molecule has 5 rings (SSSR count). The van der Waals surface area contributed by atoms with E-state index in [2.05, 4.69) is 25.3 Å². The Morgan fingerprint density at radius 2 is 1.78 bits per heavy atom. The highest BCUT2D eigenvalue weighted by Gasteiger charge is 2.32. The van der Waals surface area contributed by atoms with Gasteiger partial charge in [-0.15, -0.1) is 0 Å². The van der Waals surface area contributed by atoms with Crippen molar-refractivity contribution in [1.82, 2.24) is 34.4 Å². The second kappa shape index (κ2) is 9.98. The molecule has 10 nitrogen and oxygen atoms in total. The van der Waals surface area contributed by atoms with Crippen LogP contribution in [0.1, 0.15) is 38.2 Å². The number of aryl methyl sites for hydroxylation is 2. The smallest absolute Gasteiger partial charge is 0.249 e. The maximum Gasteiger partial charge on any atom is 0.249 e. The molecule has 1 fully saturated rings. The number of benzene rings is 1. The average Bonchev–Trinajstić information content (AvgIpc) is 3.26. The van der Waals surface area contributed by atoms with Crippen LogP contribution in [0.5, 0.6) is 0 Å². The Bertz CT molecular complexity index is 1350. The molecule has 0 aliphatic carbocycles. The Hall–Kier alpha value is -3.92. The fourth-order valence-electron chi connectivity index (χ4n) is 4.68. The highest BCUT2D eigenvalue weighted by molar-refractivity contribution is 5.91. The van der Waals surface area contributed by atoms with E-state index in [1.54, 1.807) is 12.4 Å². The van der Waals surface area contributed by atoms with Crippen molar-refractivity contribution >= 4 is 22.9 Å². The zero-order chi connectivity index (χ0) is 25.2. The summed E-state index contributed by atoms with van der Waals surface area (Å²) in [7, 11) is 0. The maximum absolute atomic E-state index is 13.8. The van der Waals surface area contributed by atoms with Crippen molar-refractivity contribution in [3.8, 4) is 11.4 Å². The van der Waals surface area contributed by atoms with Gasteiger partial charge in [-0.05, 0) is 33.3 Å². The predicted octanol–water partition coefficient (Wildman–Crippen LogP) is 3.40. The molecule has 0 bridgehead atoms. The molecular weight excluding hydrogens is 456 g/mol. The van der Waals surface area contributed by atoms with Gasteiger partial charge in [-0.25, -0.2) is 24.9 Å². The molecule has 1 N–H and O–H groups in total. The quantitative estimate of drug-likeness (QED) is 0.441. The van der Waals surface area contributed by atoms with Gasteiger partial charge in [0.15, 0.2) is 17.0 Å². The topological polar surface area (TPSA) is 111 Å². The van der Waals surface area contributed by atoms with Gasteiger partial charge >= 0.3 is 0 Å². The van der Waals surface area contributed by atoms with E-state index in [0.717, 1.165) is 11.1 Å². The summed E-state index contributed by atoms with van der Waals surface area (Å²) >= 11 is 0. The Morgan fingerprint density at radius 3 is 2.44 bits per heavy atom. The molecule has 186 valence electrons. The lowest BCUT2D eigenvalue weighted by Crippen LogP contribution is -2.50. The SMILES string of the molecule is CCn1c(-c2cnc(C)nc2)nc2c(N[C@@H](C(=O)N3CC(C)OC(C)C3)c3ccccc3)ncnc21. The third-order valence-corrected chi connectivity index (χ3v) is 6.28. The second-order valence-corrected chi connectivity index (χ2v) is 9.08. The number of rotatable bonds is 6. The number of nitrogens with zero attached hydrogens (tertiary/aromatic N) is 7. The van der Waals surface area contributed by atoms with E-state index in [1.165, 1.54) is 6.33 Å². The van der Waals surface area contributed by atoms with E-state index in [4.69, 9.17) is 9.72 Å². The molecule has 4 heterocycles. The van der Waals surface area contributed by atoms with E-state index in [0.29, 0.717) is 48.3 Å². The Morgan fingerprint density at radius 1 is 1.08 bits per heavy atom. The van der Waals surface area contributed by atoms with Crippen molar-refractivity contribution in [2.45, 2.75) is 52.5 Å². The molecule has 1 aliphatic heterocycles. The molecule has 3 atom stereocenters. The highest BCUT2D eigenvalue weighted by Crippen LogP contribution is 2.29. The van der Waals surface area contributed by atoms with Crippen molar-refractivity contribution in [3.05, 3.63) is 60.4 Å². The minimum atomic E-state index is -0.639. The van der Waals surface area contributed by atoms with E-state index in [-0.39, 0.29) is 18.1 Å². The molecule has 2 unspecified atom stereocenters. The average molecular weight is 487 g/mol. The molecule has 1 amide bonds. The molecule has 1 saturated heterocycles. The predicted molar refractivity (Wildman–Crippen MR) is 136 cm³/mol. The first-order valence-corrected chi connectivity index (χ1v) is 12.2. The molecule has 36 heavy (non-hydrogen) atoms. The van der Waals surface area contributed by atoms with Gasteiger partial charge in [0, 0.05) is 32.0 Å². The lowest BCUT2D eigenvalue weighted by molar-refractivity contribution is -0.144. The van der Waals surface area contributed by atoms with Crippen LogP contribution in [0.2, 0.25) is 0 Å². The monoisotopic (exact) mass is 486 g/mol. The molecule has 1 aliphatic rings. The van der Waals surface area contributed by atoms with Gasteiger partial charge in [-0.2, -0.15) is 0 Å². The number of imidazole rings is 1. The number of ether oxygens (including phenoxy) is 1. The van der Waals surface area contributed by atoms with Crippen molar-refractivity contribution in [2.24, 2.45) is 0 Å². The van der Waals surface area contributed by atoms with Crippen molar-refractivity contribution in [2.75, 3.05) is 18.4 Å². The first kappa shape index (κ1) is 23.8. The molecule has 10 heteroatoms. The summed E-state index contributed by atoms with van der Waals surface area (Å²) in [6.07, 6.45) is 4.96. The number of anilines is 1. The highest BCUT2D eigenvalue weighted by atomic mass is 16.5. The Kier molecular flexibility index (Phi) is 6.60. The lowest BCUT2D eigenvalue weighted by atomic mass is 10.0. The van der Waals surface area contributed by atoms with Crippen molar-refractivity contribution < 1.29 is 9.53 Å². The van der Waals surface area contributed by atoms with Gasteiger partial charge in [0.25, 0.3) is 0 Å². The largest absolute Gasteiger partial charge is 0.372 e. The first-order chi connectivity index (χ1) is 17.4. The van der Waals surface area contributed by atoms with Gasteiger partial charge < -0.3 is 19.5 Å². The Labute approximate surface area is 209 Å². The first-order valence-electron chi connectivity index (χ1n) is 12.2. The summed E-state index contributed by atoms with van der Waals surface area (Å²) in [4.78, 5) is 38.2. The maximum atomic E-state index is 13.8.